The molecule has 0 fully saturated rings. The Bertz CT molecular complexity index is 924. The highest BCUT2D eigenvalue weighted by Crippen LogP contribution is 2.22. The molecule has 2 heterocycles. The van der Waals surface area contributed by atoms with Crippen LogP contribution in [-0.2, 0) is 29.9 Å². The molecule has 0 aliphatic carbocycles. The monoisotopic (exact) mass is 392 g/mol. The second kappa shape index (κ2) is 9.47. The lowest BCUT2D eigenvalue weighted by atomic mass is 9.95. The number of pyridine rings is 1. The Kier molecular flexibility index (Phi) is 6.77. The van der Waals surface area contributed by atoms with Gasteiger partial charge in [0.2, 0.25) is 0 Å². The Balaban J connectivity index is 1.67. The zero-order valence-corrected chi connectivity index (χ0v) is 17.5. The second-order valence-corrected chi connectivity index (χ2v) is 7.86. The molecule has 3 aromatic rings. The molecule has 0 radical (unpaired) electrons. The van der Waals surface area contributed by atoms with Gasteiger partial charge in [0, 0.05) is 31.3 Å². The lowest BCUT2D eigenvalue weighted by molar-refractivity contribution is 0.181. The van der Waals surface area contributed by atoms with Crippen LogP contribution in [0, 0.1) is 0 Å². The molecule has 152 valence electrons. The summed E-state index contributed by atoms with van der Waals surface area (Å²) < 4.78 is 11.1. The van der Waals surface area contributed by atoms with E-state index in [9.17, 15) is 0 Å². The second-order valence-electron chi connectivity index (χ2n) is 7.86. The molecule has 1 aromatic carbocycles. The van der Waals surface area contributed by atoms with Gasteiger partial charge < -0.3 is 14.8 Å². The number of methoxy groups -OCH3 is 1. The van der Waals surface area contributed by atoms with Crippen LogP contribution in [0.1, 0.15) is 43.5 Å². The first-order valence-electron chi connectivity index (χ1n) is 9.67. The standard InChI is InChI=1S/C23H28N4O2/c1-23(2,3)22-26-19(15-28-4)13-21(27-22)25-14-17-8-7-10-20(12-17)29-16-18-9-5-6-11-24-18/h5-13H,14-16H2,1-4H3,(H,25,26,27). The minimum Gasteiger partial charge on any atom is -0.487 e. The van der Waals surface area contributed by atoms with Crippen molar-refractivity contribution in [3.8, 4) is 5.75 Å². The van der Waals surface area contributed by atoms with Crippen molar-refractivity contribution in [2.24, 2.45) is 0 Å². The van der Waals surface area contributed by atoms with Crippen molar-refractivity contribution in [1.29, 1.82) is 0 Å². The van der Waals surface area contributed by atoms with Gasteiger partial charge in [0.25, 0.3) is 0 Å². The highest BCUT2D eigenvalue weighted by atomic mass is 16.5. The third-order valence-electron chi connectivity index (χ3n) is 4.23. The molecule has 29 heavy (non-hydrogen) atoms. The maximum Gasteiger partial charge on any atom is 0.136 e. The number of aromatic nitrogens is 3. The molecule has 0 spiro atoms. The fourth-order valence-electron chi connectivity index (χ4n) is 2.72. The van der Waals surface area contributed by atoms with Crippen LogP contribution in [0.5, 0.6) is 5.75 Å². The van der Waals surface area contributed by atoms with E-state index in [0.29, 0.717) is 19.8 Å². The molecular formula is C23H28N4O2. The number of nitrogens with one attached hydrogen (secondary N) is 1. The van der Waals surface area contributed by atoms with Crippen LogP contribution in [0.4, 0.5) is 5.82 Å². The van der Waals surface area contributed by atoms with E-state index < -0.39 is 0 Å². The van der Waals surface area contributed by atoms with Crippen LogP contribution < -0.4 is 10.1 Å². The first-order valence-corrected chi connectivity index (χ1v) is 9.67. The summed E-state index contributed by atoms with van der Waals surface area (Å²) in [7, 11) is 1.67. The van der Waals surface area contributed by atoms with Crippen molar-refractivity contribution in [3.05, 3.63) is 77.5 Å². The molecule has 0 aliphatic rings. The highest BCUT2D eigenvalue weighted by Gasteiger charge is 2.19. The number of hydrogen-bond acceptors (Lipinski definition) is 6. The minimum absolute atomic E-state index is 0.139. The maximum atomic E-state index is 5.87. The summed E-state index contributed by atoms with van der Waals surface area (Å²) in [6.07, 6.45) is 1.77. The van der Waals surface area contributed by atoms with E-state index in [1.54, 1.807) is 13.3 Å². The topological polar surface area (TPSA) is 69.2 Å². The maximum absolute atomic E-state index is 5.87. The molecule has 3 rings (SSSR count). The van der Waals surface area contributed by atoms with E-state index in [0.717, 1.165) is 34.3 Å². The number of ether oxygens (including phenoxy) is 2. The summed E-state index contributed by atoms with van der Waals surface area (Å²) in [5, 5.41) is 3.40. The molecule has 1 N–H and O–H groups in total. The molecule has 0 amide bonds. The summed E-state index contributed by atoms with van der Waals surface area (Å²) in [5.41, 5.74) is 2.73. The largest absolute Gasteiger partial charge is 0.487 e. The van der Waals surface area contributed by atoms with E-state index in [2.05, 4.69) is 47.1 Å². The summed E-state index contributed by atoms with van der Waals surface area (Å²) in [6.45, 7) is 7.84. The van der Waals surface area contributed by atoms with Crippen LogP contribution in [0.25, 0.3) is 0 Å². The van der Waals surface area contributed by atoms with Gasteiger partial charge in [0.15, 0.2) is 0 Å². The van der Waals surface area contributed by atoms with E-state index in [1.807, 2.05) is 42.5 Å². The minimum atomic E-state index is -0.139. The van der Waals surface area contributed by atoms with Gasteiger partial charge in [0.05, 0.1) is 18.0 Å². The van der Waals surface area contributed by atoms with E-state index in [1.165, 1.54) is 0 Å². The fraction of sp³-hybridized carbons (Fsp3) is 0.348. The molecular weight excluding hydrogens is 364 g/mol. The highest BCUT2D eigenvalue weighted by molar-refractivity contribution is 5.39. The summed E-state index contributed by atoms with van der Waals surface area (Å²) in [5.74, 6) is 2.40. The lowest BCUT2D eigenvalue weighted by Crippen LogP contribution is -2.18. The Hall–Kier alpha value is -2.99. The molecule has 0 atom stereocenters. The Morgan fingerprint density at radius 3 is 2.52 bits per heavy atom. The molecule has 0 unspecified atom stereocenters. The summed E-state index contributed by atoms with van der Waals surface area (Å²) in [4.78, 5) is 13.6. The van der Waals surface area contributed by atoms with Crippen molar-refractivity contribution >= 4 is 5.82 Å². The Labute approximate surface area is 172 Å². The quantitative estimate of drug-likeness (QED) is 0.608. The Morgan fingerprint density at radius 2 is 1.79 bits per heavy atom. The van der Waals surface area contributed by atoms with Crippen molar-refractivity contribution in [3.63, 3.8) is 0 Å². The Morgan fingerprint density at radius 1 is 0.931 bits per heavy atom. The average Bonchev–Trinajstić information content (AvgIpc) is 2.71. The van der Waals surface area contributed by atoms with Crippen molar-refractivity contribution in [2.75, 3.05) is 12.4 Å². The van der Waals surface area contributed by atoms with Crippen molar-refractivity contribution in [2.45, 2.75) is 45.9 Å². The van der Waals surface area contributed by atoms with Gasteiger partial charge in [-0.05, 0) is 29.8 Å². The first-order chi connectivity index (χ1) is 13.9. The third kappa shape index (κ3) is 6.26. The fourth-order valence-corrected chi connectivity index (χ4v) is 2.72. The predicted molar refractivity (Wildman–Crippen MR) is 114 cm³/mol. The van der Waals surface area contributed by atoms with Crippen molar-refractivity contribution in [1.82, 2.24) is 15.0 Å². The van der Waals surface area contributed by atoms with Crippen LogP contribution in [-0.4, -0.2) is 22.1 Å². The lowest BCUT2D eigenvalue weighted by Gasteiger charge is -2.19. The van der Waals surface area contributed by atoms with Crippen LogP contribution in [0.3, 0.4) is 0 Å². The molecule has 0 saturated carbocycles. The van der Waals surface area contributed by atoms with E-state index in [-0.39, 0.29) is 5.41 Å². The van der Waals surface area contributed by atoms with Gasteiger partial charge in [0.1, 0.15) is 24.0 Å². The summed E-state index contributed by atoms with van der Waals surface area (Å²) >= 11 is 0. The SMILES string of the molecule is COCc1cc(NCc2cccc(OCc3ccccn3)c2)nc(C(C)(C)C)n1. The third-order valence-corrected chi connectivity index (χ3v) is 4.23. The average molecular weight is 393 g/mol. The van der Waals surface area contributed by atoms with Crippen LogP contribution in [0.2, 0.25) is 0 Å². The summed E-state index contributed by atoms with van der Waals surface area (Å²) in [6, 6.07) is 15.8. The number of nitrogens with zero attached hydrogens (tertiary/aromatic N) is 3. The van der Waals surface area contributed by atoms with E-state index in [4.69, 9.17) is 9.47 Å². The van der Waals surface area contributed by atoms with Gasteiger partial charge in [-0.1, -0.05) is 39.0 Å². The number of benzene rings is 1. The van der Waals surface area contributed by atoms with Gasteiger partial charge >= 0.3 is 0 Å². The normalized spacial score (nSPS) is 11.3. The van der Waals surface area contributed by atoms with Crippen LogP contribution >= 0.6 is 0 Å². The zero-order chi connectivity index (χ0) is 20.7. The number of hydrogen-bond donors (Lipinski definition) is 1. The van der Waals surface area contributed by atoms with Crippen LogP contribution in [0.15, 0.2) is 54.7 Å². The molecule has 0 bridgehead atoms. The molecule has 6 heteroatoms. The molecule has 2 aromatic heterocycles. The van der Waals surface area contributed by atoms with Gasteiger partial charge in [-0.25, -0.2) is 9.97 Å². The first kappa shape index (κ1) is 20.7. The number of anilines is 1. The molecule has 0 saturated heterocycles. The molecule has 0 aliphatic heterocycles. The smallest absolute Gasteiger partial charge is 0.136 e. The van der Waals surface area contributed by atoms with Gasteiger partial charge in [-0.2, -0.15) is 0 Å². The van der Waals surface area contributed by atoms with E-state index >= 15 is 0 Å². The van der Waals surface area contributed by atoms with Crippen molar-refractivity contribution < 1.29 is 9.47 Å². The van der Waals surface area contributed by atoms with Gasteiger partial charge in [-0.15, -0.1) is 0 Å². The molecule has 6 nitrogen and oxygen atoms in total. The predicted octanol–water partition coefficient (Wildman–Crippen LogP) is 4.51. The van der Waals surface area contributed by atoms with Gasteiger partial charge in [-0.3, -0.25) is 4.98 Å². The zero-order valence-electron chi connectivity index (χ0n) is 17.5. The number of rotatable bonds is 8.